The van der Waals surface area contributed by atoms with Gasteiger partial charge in [-0.3, -0.25) is 0 Å². The maximum absolute atomic E-state index is 13.5. The van der Waals surface area contributed by atoms with E-state index in [-0.39, 0.29) is 5.82 Å². The van der Waals surface area contributed by atoms with Crippen molar-refractivity contribution >= 4 is 0 Å². The minimum absolute atomic E-state index is 0.263. The molecule has 1 N–H and O–H groups in total. The van der Waals surface area contributed by atoms with Crippen LogP contribution in [-0.2, 0) is 0 Å². The minimum Gasteiger partial charge on any atom is -0.493 e. The van der Waals surface area contributed by atoms with E-state index in [4.69, 9.17) is 4.74 Å². The topological polar surface area (TPSA) is 21.3 Å². The van der Waals surface area contributed by atoms with Gasteiger partial charge in [-0.15, -0.1) is 0 Å². The van der Waals surface area contributed by atoms with Crippen LogP contribution in [0.25, 0.3) is 0 Å². The Bertz CT molecular complexity index is 334. The highest BCUT2D eigenvalue weighted by atomic mass is 19.1. The van der Waals surface area contributed by atoms with E-state index < -0.39 is 0 Å². The zero-order chi connectivity index (χ0) is 10.7. The van der Waals surface area contributed by atoms with Crippen LogP contribution in [-0.4, -0.2) is 20.2 Å². The molecule has 1 aliphatic rings. The lowest BCUT2D eigenvalue weighted by atomic mass is 9.91. The first-order chi connectivity index (χ1) is 7.33. The van der Waals surface area contributed by atoms with Gasteiger partial charge in [-0.2, -0.15) is 0 Å². The number of para-hydroxylation sites is 1. The molecule has 1 heterocycles. The second kappa shape index (κ2) is 4.62. The third-order valence-electron chi connectivity index (χ3n) is 2.94. The van der Waals surface area contributed by atoms with Gasteiger partial charge in [0.15, 0.2) is 11.6 Å². The first kappa shape index (κ1) is 10.4. The lowest BCUT2D eigenvalue weighted by Gasteiger charge is -2.24. The number of nitrogens with one attached hydrogen (secondary N) is 1. The molecular weight excluding hydrogens is 193 g/mol. The Kier molecular flexibility index (Phi) is 3.21. The fraction of sp³-hybridized carbons (Fsp3) is 0.500. The van der Waals surface area contributed by atoms with Gasteiger partial charge in [0, 0.05) is 18.0 Å². The van der Waals surface area contributed by atoms with Gasteiger partial charge in [-0.05, 0) is 25.5 Å². The average molecular weight is 209 g/mol. The number of methoxy groups -OCH3 is 1. The molecule has 3 heteroatoms. The zero-order valence-corrected chi connectivity index (χ0v) is 8.92. The molecule has 1 fully saturated rings. The summed E-state index contributed by atoms with van der Waals surface area (Å²) in [5, 5.41) is 3.33. The van der Waals surface area contributed by atoms with Gasteiger partial charge in [-0.1, -0.05) is 12.1 Å². The maximum atomic E-state index is 13.5. The van der Waals surface area contributed by atoms with Crippen LogP contribution in [0.3, 0.4) is 0 Å². The molecule has 1 aliphatic heterocycles. The number of hydrogen-bond donors (Lipinski definition) is 1. The number of halogens is 1. The van der Waals surface area contributed by atoms with Gasteiger partial charge in [0.25, 0.3) is 0 Å². The van der Waals surface area contributed by atoms with Crippen molar-refractivity contribution < 1.29 is 9.13 Å². The summed E-state index contributed by atoms with van der Waals surface area (Å²) in [7, 11) is 1.53. The fourth-order valence-electron chi connectivity index (χ4n) is 2.18. The predicted molar refractivity (Wildman–Crippen MR) is 57.8 cm³/mol. The Balaban J connectivity index is 2.29. The van der Waals surface area contributed by atoms with Gasteiger partial charge in [-0.25, -0.2) is 4.39 Å². The standard InChI is InChI=1S/C12H16FNO/c1-15-12-10(5-2-6-11(12)13)9-4-3-7-14-8-9/h2,5-6,9,14H,3-4,7-8H2,1H3/t9-/m0/s1. The van der Waals surface area contributed by atoms with Crippen LogP contribution in [0.2, 0.25) is 0 Å². The molecule has 0 unspecified atom stereocenters. The van der Waals surface area contributed by atoms with Gasteiger partial charge in [0.2, 0.25) is 0 Å². The summed E-state index contributed by atoms with van der Waals surface area (Å²) >= 11 is 0. The van der Waals surface area contributed by atoms with Crippen LogP contribution in [0.15, 0.2) is 18.2 Å². The highest BCUT2D eigenvalue weighted by molar-refractivity contribution is 5.38. The van der Waals surface area contributed by atoms with Gasteiger partial charge >= 0.3 is 0 Å². The van der Waals surface area contributed by atoms with Gasteiger partial charge < -0.3 is 10.1 Å². The maximum Gasteiger partial charge on any atom is 0.165 e. The molecular formula is C12H16FNO. The van der Waals surface area contributed by atoms with Crippen molar-refractivity contribution in [2.75, 3.05) is 20.2 Å². The van der Waals surface area contributed by atoms with Crippen molar-refractivity contribution in [1.29, 1.82) is 0 Å². The number of rotatable bonds is 2. The molecule has 2 rings (SSSR count). The number of hydrogen-bond acceptors (Lipinski definition) is 2. The van der Waals surface area contributed by atoms with E-state index in [1.54, 1.807) is 6.07 Å². The van der Waals surface area contributed by atoms with Crippen molar-refractivity contribution in [3.63, 3.8) is 0 Å². The summed E-state index contributed by atoms with van der Waals surface area (Å²) in [6.07, 6.45) is 2.25. The molecule has 1 saturated heterocycles. The van der Waals surface area contributed by atoms with Crippen molar-refractivity contribution in [3.05, 3.63) is 29.6 Å². The number of benzene rings is 1. The summed E-state index contributed by atoms with van der Waals surface area (Å²) in [5.41, 5.74) is 0.990. The lowest BCUT2D eigenvalue weighted by Crippen LogP contribution is -2.28. The third kappa shape index (κ3) is 2.12. The van der Waals surface area contributed by atoms with Crippen LogP contribution in [0, 0.1) is 5.82 Å². The normalized spacial score (nSPS) is 21.3. The number of piperidine rings is 1. The second-order valence-electron chi connectivity index (χ2n) is 3.91. The Labute approximate surface area is 89.4 Å². The third-order valence-corrected chi connectivity index (χ3v) is 2.94. The first-order valence-electron chi connectivity index (χ1n) is 5.36. The SMILES string of the molecule is COc1c(F)cccc1[C@H]1CCCNC1. The highest BCUT2D eigenvalue weighted by Gasteiger charge is 2.20. The molecule has 0 aliphatic carbocycles. The second-order valence-corrected chi connectivity index (χ2v) is 3.91. The molecule has 1 atom stereocenters. The number of ether oxygens (including phenoxy) is 1. The summed E-state index contributed by atoms with van der Waals surface area (Å²) < 4.78 is 18.6. The monoisotopic (exact) mass is 209 g/mol. The molecule has 82 valence electrons. The average Bonchev–Trinajstić information content (AvgIpc) is 2.30. The molecule has 0 aromatic heterocycles. The molecule has 0 spiro atoms. The van der Waals surface area contributed by atoms with E-state index in [0.717, 1.165) is 31.5 Å². The Hall–Kier alpha value is -1.09. The molecule has 1 aromatic carbocycles. The molecule has 0 bridgehead atoms. The Morgan fingerprint density at radius 1 is 1.47 bits per heavy atom. The van der Waals surface area contributed by atoms with Crippen LogP contribution in [0.5, 0.6) is 5.75 Å². The molecule has 0 amide bonds. The van der Waals surface area contributed by atoms with Crippen molar-refractivity contribution in [3.8, 4) is 5.75 Å². The van der Waals surface area contributed by atoms with Crippen LogP contribution in [0.4, 0.5) is 4.39 Å². The largest absolute Gasteiger partial charge is 0.493 e. The van der Waals surface area contributed by atoms with E-state index >= 15 is 0 Å². The molecule has 0 saturated carbocycles. The van der Waals surface area contributed by atoms with E-state index in [0.29, 0.717) is 11.7 Å². The summed E-state index contributed by atoms with van der Waals surface area (Å²) in [4.78, 5) is 0. The van der Waals surface area contributed by atoms with E-state index in [2.05, 4.69) is 5.32 Å². The minimum atomic E-state index is -0.263. The van der Waals surface area contributed by atoms with Crippen LogP contribution >= 0.6 is 0 Å². The Morgan fingerprint density at radius 2 is 2.33 bits per heavy atom. The summed E-state index contributed by atoms with van der Waals surface area (Å²) in [6.45, 7) is 1.98. The van der Waals surface area contributed by atoms with Crippen molar-refractivity contribution in [1.82, 2.24) is 5.32 Å². The molecule has 2 nitrogen and oxygen atoms in total. The van der Waals surface area contributed by atoms with Gasteiger partial charge in [0.1, 0.15) is 0 Å². The molecule has 1 aromatic rings. The van der Waals surface area contributed by atoms with E-state index in [1.165, 1.54) is 13.2 Å². The summed E-state index contributed by atoms with van der Waals surface area (Å²) in [6, 6.07) is 5.15. The Morgan fingerprint density at radius 3 is 3.00 bits per heavy atom. The van der Waals surface area contributed by atoms with Gasteiger partial charge in [0.05, 0.1) is 7.11 Å². The van der Waals surface area contributed by atoms with E-state index in [9.17, 15) is 4.39 Å². The predicted octanol–water partition coefficient (Wildman–Crippen LogP) is 2.30. The van der Waals surface area contributed by atoms with Crippen LogP contribution in [0.1, 0.15) is 24.3 Å². The highest BCUT2D eigenvalue weighted by Crippen LogP contribution is 2.32. The van der Waals surface area contributed by atoms with Crippen molar-refractivity contribution in [2.45, 2.75) is 18.8 Å². The fourth-order valence-corrected chi connectivity index (χ4v) is 2.18. The first-order valence-corrected chi connectivity index (χ1v) is 5.36. The summed E-state index contributed by atoms with van der Waals surface area (Å²) in [5.74, 6) is 0.524. The van der Waals surface area contributed by atoms with E-state index in [1.807, 2.05) is 6.07 Å². The van der Waals surface area contributed by atoms with Crippen LogP contribution < -0.4 is 10.1 Å². The molecule has 15 heavy (non-hydrogen) atoms. The molecule has 0 radical (unpaired) electrons. The van der Waals surface area contributed by atoms with Crippen molar-refractivity contribution in [2.24, 2.45) is 0 Å². The smallest absolute Gasteiger partial charge is 0.165 e. The quantitative estimate of drug-likeness (QED) is 0.807. The lowest BCUT2D eigenvalue weighted by molar-refractivity contribution is 0.368. The zero-order valence-electron chi connectivity index (χ0n) is 8.92.